The van der Waals surface area contributed by atoms with E-state index in [2.05, 4.69) is 0 Å². The van der Waals surface area contributed by atoms with Crippen molar-refractivity contribution in [1.82, 2.24) is 0 Å². The molecular weight excluding hydrogens is 262 g/mol. The van der Waals surface area contributed by atoms with E-state index in [0.717, 1.165) is 12.6 Å². The summed E-state index contributed by atoms with van der Waals surface area (Å²) < 4.78 is 28.3. The highest BCUT2D eigenvalue weighted by Gasteiger charge is 2.49. The highest BCUT2D eigenvalue weighted by molar-refractivity contribution is 6.45. The van der Waals surface area contributed by atoms with E-state index in [4.69, 9.17) is 23.4 Å². The van der Waals surface area contributed by atoms with E-state index < -0.39 is 0 Å². The van der Waals surface area contributed by atoms with E-state index in [1.54, 1.807) is 0 Å². The first-order chi connectivity index (χ1) is 9.55. The standard InChI is InChI=1S/C12H22B2O6/c1-5-13-16-7-10(18-13)12-11(8(3)17-9(4)15)19-14(6-2)20-12/h8,10-12H,5-7H2,1-4H3. The normalized spacial score (nSPS) is 31.7. The van der Waals surface area contributed by atoms with E-state index in [1.165, 1.54) is 6.92 Å². The molecule has 8 heteroatoms. The Hall–Kier alpha value is -0.560. The summed E-state index contributed by atoms with van der Waals surface area (Å²) in [5, 5.41) is 0. The fourth-order valence-electron chi connectivity index (χ4n) is 2.60. The van der Waals surface area contributed by atoms with Crippen molar-refractivity contribution in [3.8, 4) is 0 Å². The molecule has 0 radical (unpaired) electrons. The molecule has 2 saturated heterocycles. The molecule has 6 nitrogen and oxygen atoms in total. The van der Waals surface area contributed by atoms with E-state index in [0.29, 0.717) is 6.61 Å². The van der Waals surface area contributed by atoms with Gasteiger partial charge < -0.3 is 23.4 Å². The molecule has 0 saturated carbocycles. The molecule has 2 aliphatic heterocycles. The lowest BCUT2D eigenvalue weighted by Gasteiger charge is -2.27. The number of ether oxygens (including phenoxy) is 1. The Balaban J connectivity index is 2.02. The SMILES string of the molecule is CCB1OCC(C2OB(CC)OC2C(C)OC(C)=O)O1. The predicted octanol–water partition coefficient (Wildman–Crippen LogP) is 1.15. The molecule has 4 atom stereocenters. The third-order valence-corrected chi connectivity index (χ3v) is 3.56. The van der Waals surface area contributed by atoms with Crippen molar-refractivity contribution >= 4 is 20.2 Å². The van der Waals surface area contributed by atoms with Gasteiger partial charge in [0.05, 0.1) is 18.8 Å². The summed E-state index contributed by atoms with van der Waals surface area (Å²) in [6.45, 7) is 7.68. The van der Waals surface area contributed by atoms with Gasteiger partial charge in [-0.05, 0) is 19.6 Å². The third kappa shape index (κ3) is 3.55. The van der Waals surface area contributed by atoms with Crippen LogP contribution in [0.2, 0.25) is 12.6 Å². The minimum atomic E-state index is -0.377. The molecule has 2 aliphatic rings. The molecule has 0 bridgehead atoms. The zero-order valence-electron chi connectivity index (χ0n) is 12.5. The van der Waals surface area contributed by atoms with Crippen molar-refractivity contribution in [3.05, 3.63) is 0 Å². The van der Waals surface area contributed by atoms with Gasteiger partial charge in [0, 0.05) is 6.92 Å². The second kappa shape index (κ2) is 6.93. The Kier molecular flexibility index (Phi) is 5.49. The molecule has 0 aliphatic carbocycles. The monoisotopic (exact) mass is 284 g/mol. The van der Waals surface area contributed by atoms with Crippen molar-refractivity contribution in [1.29, 1.82) is 0 Å². The lowest BCUT2D eigenvalue weighted by Crippen LogP contribution is -2.44. The van der Waals surface area contributed by atoms with Gasteiger partial charge in [0.25, 0.3) is 0 Å². The van der Waals surface area contributed by atoms with Crippen molar-refractivity contribution in [3.63, 3.8) is 0 Å². The number of hydrogen-bond acceptors (Lipinski definition) is 6. The first kappa shape index (κ1) is 15.8. The third-order valence-electron chi connectivity index (χ3n) is 3.56. The van der Waals surface area contributed by atoms with Crippen molar-refractivity contribution in [2.24, 2.45) is 0 Å². The Morgan fingerprint density at radius 3 is 2.50 bits per heavy atom. The second-order valence-electron chi connectivity index (χ2n) is 5.20. The molecule has 2 heterocycles. The molecule has 4 unspecified atom stereocenters. The van der Waals surface area contributed by atoms with Gasteiger partial charge in [-0.25, -0.2) is 0 Å². The summed E-state index contributed by atoms with van der Waals surface area (Å²) in [6.07, 6.45) is 0.382. The lowest BCUT2D eigenvalue weighted by atomic mass is 9.86. The van der Waals surface area contributed by atoms with Crippen LogP contribution in [0, 0.1) is 0 Å². The van der Waals surface area contributed by atoms with Gasteiger partial charge in [-0.2, -0.15) is 0 Å². The summed E-state index contributed by atoms with van der Waals surface area (Å²) in [5.74, 6) is -0.324. The molecule has 0 amide bonds. The molecule has 20 heavy (non-hydrogen) atoms. The van der Waals surface area contributed by atoms with Gasteiger partial charge in [-0.3, -0.25) is 4.79 Å². The van der Waals surface area contributed by atoms with Crippen LogP contribution in [0.15, 0.2) is 0 Å². The van der Waals surface area contributed by atoms with E-state index in [1.807, 2.05) is 20.8 Å². The van der Waals surface area contributed by atoms with Crippen LogP contribution < -0.4 is 0 Å². The maximum Gasteiger partial charge on any atom is 0.457 e. The highest BCUT2D eigenvalue weighted by Crippen LogP contribution is 2.29. The van der Waals surface area contributed by atoms with Crippen LogP contribution in [-0.2, 0) is 28.1 Å². The lowest BCUT2D eigenvalue weighted by molar-refractivity contribution is -0.151. The molecule has 0 spiro atoms. The molecule has 2 rings (SSSR count). The van der Waals surface area contributed by atoms with E-state index in [-0.39, 0.29) is 44.6 Å². The van der Waals surface area contributed by atoms with Crippen LogP contribution in [-0.4, -0.2) is 51.2 Å². The fraction of sp³-hybridized carbons (Fsp3) is 0.917. The van der Waals surface area contributed by atoms with Crippen LogP contribution in [0.1, 0.15) is 27.7 Å². The van der Waals surface area contributed by atoms with Crippen LogP contribution in [0.4, 0.5) is 0 Å². The number of esters is 1. The smallest absolute Gasteiger partial charge is 0.457 e. The van der Waals surface area contributed by atoms with Gasteiger partial charge in [0.2, 0.25) is 0 Å². The summed E-state index contributed by atoms with van der Waals surface area (Å²) >= 11 is 0. The maximum absolute atomic E-state index is 11.1. The largest absolute Gasteiger partial charge is 0.460 e. The average Bonchev–Trinajstić information content (AvgIpc) is 3.03. The van der Waals surface area contributed by atoms with Crippen LogP contribution >= 0.6 is 0 Å². The van der Waals surface area contributed by atoms with E-state index >= 15 is 0 Å². The zero-order chi connectivity index (χ0) is 14.7. The summed E-state index contributed by atoms with van der Waals surface area (Å²) in [4.78, 5) is 11.1. The minimum Gasteiger partial charge on any atom is -0.460 e. The Morgan fingerprint density at radius 2 is 1.95 bits per heavy atom. The van der Waals surface area contributed by atoms with Crippen LogP contribution in [0.3, 0.4) is 0 Å². The van der Waals surface area contributed by atoms with Gasteiger partial charge in [-0.15, -0.1) is 0 Å². The van der Waals surface area contributed by atoms with Crippen molar-refractivity contribution in [2.75, 3.05) is 6.61 Å². The second-order valence-corrected chi connectivity index (χ2v) is 5.20. The van der Waals surface area contributed by atoms with Gasteiger partial charge in [0.1, 0.15) is 12.2 Å². The van der Waals surface area contributed by atoms with Crippen LogP contribution in [0.25, 0.3) is 0 Å². The van der Waals surface area contributed by atoms with Crippen molar-refractivity contribution < 1.29 is 28.1 Å². The number of carbonyl (C=O) groups excluding carboxylic acids is 1. The molecule has 2 fully saturated rings. The van der Waals surface area contributed by atoms with Gasteiger partial charge >= 0.3 is 20.2 Å². The number of hydrogen-bond donors (Lipinski definition) is 0. The van der Waals surface area contributed by atoms with E-state index in [9.17, 15) is 4.79 Å². The first-order valence-electron chi connectivity index (χ1n) is 7.30. The van der Waals surface area contributed by atoms with Gasteiger partial charge in [-0.1, -0.05) is 13.8 Å². The zero-order valence-corrected chi connectivity index (χ0v) is 12.5. The summed E-state index contributed by atoms with van der Waals surface area (Å²) in [7, 11) is -0.471. The number of carbonyl (C=O) groups is 1. The molecule has 0 aromatic carbocycles. The van der Waals surface area contributed by atoms with Crippen LogP contribution in [0.5, 0.6) is 0 Å². The van der Waals surface area contributed by atoms with Gasteiger partial charge in [0.15, 0.2) is 0 Å². The maximum atomic E-state index is 11.1. The first-order valence-corrected chi connectivity index (χ1v) is 7.30. The predicted molar refractivity (Wildman–Crippen MR) is 74.3 cm³/mol. The average molecular weight is 284 g/mol. The summed E-state index contributed by atoms with van der Waals surface area (Å²) in [5.41, 5.74) is 0. The molecule has 112 valence electrons. The quantitative estimate of drug-likeness (QED) is 0.557. The molecule has 0 aromatic rings. The topological polar surface area (TPSA) is 63.2 Å². The molecule has 0 aromatic heterocycles. The Bertz CT molecular complexity index is 342. The molecular formula is C12H22B2O6. The fourth-order valence-corrected chi connectivity index (χ4v) is 2.60. The summed E-state index contributed by atoms with van der Waals surface area (Å²) in [6, 6.07) is 0. The van der Waals surface area contributed by atoms with Crippen molar-refractivity contribution in [2.45, 2.75) is 64.8 Å². The highest BCUT2D eigenvalue weighted by atomic mass is 16.7. The Labute approximate surface area is 120 Å². The Morgan fingerprint density at radius 1 is 1.25 bits per heavy atom. The minimum absolute atomic E-state index is 0.181. The molecule has 0 N–H and O–H groups in total. The number of rotatable bonds is 5.